The van der Waals surface area contributed by atoms with Crippen molar-refractivity contribution in [3.8, 4) is 0 Å². The fourth-order valence-electron chi connectivity index (χ4n) is 1.73. The molecule has 1 heterocycles. The van der Waals surface area contributed by atoms with Crippen LogP contribution in [0.1, 0.15) is 11.1 Å². The van der Waals surface area contributed by atoms with Gasteiger partial charge in [-0.1, -0.05) is 6.58 Å². The highest BCUT2D eigenvalue weighted by atomic mass is 32.1. The fourth-order valence-corrected chi connectivity index (χ4v) is 1.83. The van der Waals surface area contributed by atoms with Crippen molar-refractivity contribution in [3.05, 3.63) is 41.7 Å². The zero-order chi connectivity index (χ0) is 11.7. The predicted octanol–water partition coefficient (Wildman–Crippen LogP) is 3.14. The molecule has 0 atom stereocenters. The normalized spacial score (nSPS) is 10.9. The van der Waals surface area contributed by atoms with E-state index >= 15 is 0 Å². The third-order valence-corrected chi connectivity index (χ3v) is 3.30. The lowest BCUT2D eigenvalue weighted by Gasteiger charge is -2.06. The molecule has 84 valence electrons. The zero-order valence-corrected chi connectivity index (χ0v) is 10.6. The van der Waals surface area contributed by atoms with Crippen molar-refractivity contribution in [2.75, 3.05) is 5.75 Å². The van der Waals surface area contributed by atoms with E-state index in [4.69, 9.17) is 0 Å². The van der Waals surface area contributed by atoms with Crippen LogP contribution >= 0.6 is 12.6 Å². The van der Waals surface area contributed by atoms with Crippen LogP contribution in [0.15, 0.2) is 30.6 Å². The Kier molecular flexibility index (Phi) is 3.06. The van der Waals surface area contributed by atoms with Crippen LogP contribution in [0.4, 0.5) is 0 Å². The summed E-state index contributed by atoms with van der Waals surface area (Å²) in [7, 11) is 0. The Hall–Kier alpha value is -1.22. The second-order valence-corrected chi connectivity index (χ2v) is 4.52. The molecule has 2 nitrogen and oxygen atoms in total. The van der Waals surface area contributed by atoms with Gasteiger partial charge in [-0.2, -0.15) is 12.6 Å². The van der Waals surface area contributed by atoms with Crippen LogP contribution < -0.4 is 0 Å². The number of nitrogens with zero attached hydrogens (tertiary/aromatic N) is 2. The van der Waals surface area contributed by atoms with Crippen molar-refractivity contribution < 1.29 is 0 Å². The maximum atomic E-state index is 4.40. The molecule has 2 aromatic rings. The number of benzene rings is 1. The number of aromatic nitrogens is 2. The minimum absolute atomic E-state index is 0.713. The smallest absolute Gasteiger partial charge is 0.0961 e. The molecule has 1 aromatic heterocycles. The minimum Gasteiger partial charge on any atom is -0.326 e. The summed E-state index contributed by atoms with van der Waals surface area (Å²) in [6.07, 6.45) is 1.87. The van der Waals surface area contributed by atoms with Crippen molar-refractivity contribution in [3.63, 3.8) is 0 Å². The summed E-state index contributed by atoms with van der Waals surface area (Å²) in [5.74, 6) is 0.713. The first-order valence-corrected chi connectivity index (χ1v) is 5.94. The van der Waals surface area contributed by atoms with Crippen molar-refractivity contribution in [1.29, 1.82) is 0 Å². The summed E-state index contributed by atoms with van der Waals surface area (Å²) in [6.45, 7) is 9.00. The molecule has 0 saturated carbocycles. The molecule has 0 amide bonds. The van der Waals surface area contributed by atoms with Gasteiger partial charge in [0.2, 0.25) is 0 Å². The van der Waals surface area contributed by atoms with E-state index in [1.54, 1.807) is 0 Å². The quantitative estimate of drug-likeness (QED) is 0.636. The Labute approximate surface area is 101 Å². The van der Waals surface area contributed by atoms with Gasteiger partial charge in [0.05, 0.1) is 17.4 Å². The van der Waals surface area contributed by atoms with Crippen molar-refractivity contribution in [1.82, 2.24) is 9.55 Å². The molecule has 0 spiro atoms. The second kappa shape index (κ2) is 4.34. The molecule has 1 aromatic carbocycles. The Morgan fingerprint density at radius 1 is 1.38 bits per heavy atom. The lowest BCUT2D eigenvalue weighted by molar-refractivity contribution is 0.813. The maximum absolute atomic E-state index is 4.40. The van der Waals surface area contributed by atoms with Crippen LogP contribution in [0.25, 0.3) is 11.0 Å². The largest absolute Gasteiger partial charge is 0.326 e. The standard InChI is InChI=1S/C13H16N2S/c1-9(7-16)6-15-8-14-12-4-10(2)11(3)5-13(12)15/h4-5,8,16H,1,6-7H2,2-3H3. The van der Waals surface area contributed by atoms with E-state index in [0.717, 1.165) is 17.6 Å². The number of rotatable bonds is 3. The summed E-state index contributed by atoms with van der Waals surface area (Å²) in [4.78, 5) is 4.40. The average molecular weight is 232 g/mol. The SMILES string of the molecule is C=C(CS)Cn1cnc2cc(C)c(C)cc21. The maximum Gasteiger partial charge on any atom is 0.0961 e. The van der Waals surface area contributed by atoms with Crippen LogP contribution in [0.5, 0.6) is 0 Å². The van der Waals surface area contributed by atoms with Gasteiger partial charge in [-0.25, -0.2) is 4.98 Å². The monoisotopic (exact) mass is 232 g/mol. The van der Waals surface area contributed by atoms with Gasteiger partial charge in [0.1, 0.15) is 0 Å². The van der Waals surface area contributed by atoms with Gasteiger partial charge in [0.25, 0.3) is 0 Å². The van der Waals surface area contributed by atoms with Gasteiger partial charge in [-0.3, -0.25) is 0 Å². The first-order valence-electron chi connectivity index (χ1n) is 5.31. The van der Waals surface area contributed by atoms with Gasteiger partial charge in [0.15, 0.2) is 0 Å². The average Bonchev–Trinajstić information content (AvgIpc) is 2.62. The van der Waals surface area contributed by atoms with Crippen LogP contribution in [-0.4, -0.2) is 15.3 Å². The van der Waals surface area contributed by atoms with E-state index in [0.29, 0.717) is 5.75 Å². The summed E-state index contributed by atoms with van der Waals surface area (Å²) in [5, 5.41) is 0. The van der Waals surface area contributed by atoms with E-state index in [2.05, 4.69) is 54.7 Å². The molecular formula is C13H16N2S. The van der Waals surface area contributed by atoms with Gasteiger partial charge >= 0.3 is 0 Å². The fraction of sp³-hybridized carbons (Fsp3) is 0.308. The molecule has 16 heavy (non-hydrogen) atoms. The topological polar surface area (TPSA) is 17.8 Å². The number of imidazole rings is 1. The Balaban J connectivity index is 2.48. The number of aryl methyl sites for hydroxylation is 2. The van der Waals surface area contributed by atoms with E-state index in [-0.39, 0.29) is 0 Å². The van der Waals surface area contributed by atoms with Crippen molar-refractivity contribution >= 4 is 23.7 Å². The molecule has 0 N–H and O–H groups in total. The molecule has 0 radical (unpaired) electrons. The van der Waals surface area contributed by atoms with Crippen molar-refractivity contribution in [2.24, 2.45) is 0 Å². The highest BCUT2D eigenvalue weighted by molar-refractivity contribution is 7.80. The van der Waals surface area contributed by atoms with Crippen LogP contribution in [0.2, 0.25) is 0 Å². The van der Waals surface area contributed by atoms with Gasteiger partial charge < -0.3 is 4.57 Å². The third kappa shape index (κ3) is 2.00. The summed E-state index contributed by atoms with van der Waals surface area (Å²) in [5.41, 5.74) is 5.90. The predicted molar refractivity (Wildman–Crippen MR) is 72.2 cm³/mol. The van der Waals surface area contributed by atoms with E-state index in [1.165, 1.54) is 16.6 Å². The van der Waals surface area contributed by atoms with Crippen LogP contribution in [0, 0.1) is 13.8 Å². The lowest BCUT2D eigenvalue weighted by Crippen LogP contribution is -1.99. The molecule has 0 aliphatic carbocycles. The number of fused-ring (bicyclic) bond motifs is 1. The van der Waals surface area contributed by atoms with Crippen LogP contribution in [0.3, 0.4) is 0 Å². The number of hydrogen-bond donors (Lipinski definition) is 1. The Morgan fingerprint density at radius 2 is 2.06 bits per heavy atom. The molecule has 0 aliphatic heterocycles. The first kappa shape index (κ1) is 11.3. The molecule has 0 saturated heterocycles. The first-order chi connectivity index (χ1) is 7.61. The number of thiol groups is 1. The summed E-state index contributed by atoms with van der Waals surface area (Å²) >= 11 is 4.22. The molecular weight excluding hydrogens is 216 g/mol. The van der Waals surface area contributed by atoms with E-state index < -0.39 is 0 Å². The van der Waals surface area contributed by atoms with Crippen molar-refractivity contribution in [2.45, 2.75) is 20.4 Å². The molecule has 0 bridgehead atoms. The number of hydrogen-bond acceptors (Lipinski definition) is 2. The summed E-state index contributed by atoms with van der Waals surface area (Å²) in [6, 6.07) is 4.31. The molecule has 0 aliphatic rings. The lowest BCUT2D eigenvalue weighted by atomic mass is 10.1. The highest BCUT2D eigenvalue weighted by Crippen LogP contribution is 2.19. The van der Waals surface area contributed by atoms with E-state index in [9.17, 15) is 0 Å². The minimum atomic E-state index is 0.713. The molecule has 2 rings (SSSR count). The third-order valence-electron chi connectivity index (χ3n) is 2.85. The van der Waals surface area contributed by atoms with E-state index in [1.807, 2.05) is 6.33 Å². The molecule has 0 fully saturated rings. The molecule has 0 unspecified atom stereocenters. The highest BCUT2D eigenvalue weighted by Gasteiger charge is 2.05. The molecule has 3 heteroatoms. The second-order valence-electron chi connectivity index (χ2n) is 4.21. The Morgan fingerprint density at radius 3 is 2.75 bits per heavy atom. The van der Waals surface area contributed by atoms with Gasteiger partial charge in [-0.15, -0.1) is 0 Å². The zero-order valence-electron chi connectivity index (χ0n) is 9.70. The van der Waals surface area contributed by atoms with Gasteiger partial charge in [0, 0.05) is 12.3 Å². The van der Waals surface area contributed by atoms with Gasteiger partial charge in [-0.05, 0) is 42.7 Å². The summed E-state index contributed by atoms with van der Waals surface area (Å²) < 4.78 is 2.13. The Bertz CT molecular complexity index is 540. The van der Waals surface area contributed by atoms with Crippen LogP contribution in [-0.2, 0) is 6.54 Å².